The quantitative estimate of drug-likeness (QED) is 0.451. The Morgan fingerprint density at radius 2 is 2.17 bits per heavy atom. The maximum absolute atomic E-state index is 12.6. The SMILES string of the molecule is CCCn1c(SCC(=O)NCCOC)nc2ccccc2c1=O. The van der Waals surface area contributed by atoms with Crippen molar-refractivity contribution in [3.8, 4) is 0 Å². The van der Waals surface area contributed by atoms with Crippen LogP contribution in [0.1, 0.15) is 13.3 Å². The van der Waals surface area contributed by atoms with E-state index in [2.05, 4.69) is 10.3 Å². The minimum absolute atomic E-state index is 0.0558. The van der Waals surface area contributed by atoms with Crippen molar-refractivity contribution in [3.63, 3.8) is 0 Å². The standard InChI is InChI=1S/C16H21N3O3S/c1-3-9-19-15(21)12-6-4-5-7-13(12)18-16(19)23-11-14(20)17-8-10-22-2/h4-7H,3,8-11H2,1-2H3,(H,17,20). The number of thioether (sulfide) groups is 1. The largest absolute Gasteiger partial charge is 0.383 e. The van der Waals surface area contributed by atoms with Crippen LogP contribution in [0.25, 0.3) is 10.9 Å². The Morgan fingerprint density at radius 1 is 1.39 bits per heavy atom. The Hall–Kier alpha value is -1.86. The topological polar surface area (TPSA) is 73.2 Å². The van der Waals surface area contributed by atoms with Crippen LogP contribution in [0.15, 0.2) is 34.2 Å². The first-order valence-electron chi connectivity index (χ1n) is 7.55. The molecular formula is C16H21N3O3S. The number of fused-ring (bicyclic) bond motifs is 1. The molecule has 0 fully saturated rings. The van der Waals surface area contributed by atoms with Gasteiger partial charge in [-0.1, -0.05) is 30.8 Å². The lowest BCUT2D eigenvalue weighted by Crippen LogP contribution is -2.29. The first-order valence-corrected chi connectivity index (χ1v) is 8.54. The summed E-state index contributed by atoms with van der Waals surface area (Å²) in [6.45, 7) is 3.55. The van der Waals surface area contributed by atoms with Crippen molar-refractivity contribution in [2.24, 2.45) is 0 Å². The molecule has 1 aromatic carbocycles. The van der Waals surface area contributed by atoms with Gasteiger partial charge in [-0.25, -0.2) is 4.98 Å². The molecule has 1 amide bonds. The number of nitrogens with zero attached hydrogens (tertiary/aromatic N) is 2. The van der Waals surface area contributed by atoms with Gasteiger partial charge in [0.1, 0.15) is 0 Å². The number of ether oxygens (including phenoxy) is 1. The molecule has 0 aliphatic rings. The van der Waals surface area contributed by atoms with Gasteiger partial charge < -0.3 is 10.1 Å². The van der Waals surface area contributed by atoms with Crippen LogP contribution in [0.4, 0.5) is 0 Å². The number of para-hydroxylation sites is 1. The van der Waals surface area contributed by atoms with Gasteiger partial charge in [-0.3, -0.25) is 14.2 Å². The van der Waals surface area contributed by atoms with Crippen LogP contribution in [-0.2, 0) is 16.1 Å². The van der Waals surface area contributed by atoms with Gasteiger partial charge in [0.05, 0.1) is 23.3 Å². The van der Waals surface area contributed by atoms with Gasteiger partial charge >= 0.3 is 0 Å². The van der Waals surface area contributed by atoms with Gasteiger partial charge in [-0.2, -0.15) is 0 Å². The third kappa shape index (κ3) is 4.56. The number of nitrogens with one attached hydrogen (secondary N) is 1. The molecule has 0 aliphatic heterocycles. The molecule has 1 aromatic heterocycles. The van der Waals surface area contributed by atoms with Crippen LogP contribution in [0, 0.1) is 0 Å². The Bertz CT molecular complexity index is 730. The van der Waals surface area contributed by atoms with Gasteiger partial charge in [0.2, 0.25) is 5.91 Å². The lowest BCUT2D eigenvalue weighted by Gasteiger charge is -2.12. The molecule has 0 saturated carbocycles. The molecule has 0 unspecified atom stereocenters. The fraction of sp³-hybridized carbons (Fsp3) is 0.438. The normalized spacial score (nSPS) is 10.9. The highest BCUT2D eigenvalue weighted by Crippen LogP contribution is 2.17. The minimum atomic E-state index is -0.0995. The lowest BCUT2D eigenvalue weighted by atomic mass is 10.2. The Kier molecular flexibility index (Phi) is 6.61. The zero-order valence-electron chi connectivity index (χ0n) is 13.4. The number of rotatable bonds is 8. The van der Waals surface area contributed by atoms with Gasteiger partial charge in [-0.15, -0.1) is 0 Å². The molecule has 2 rings (SSSR count). The zero-order chi connectivity index (χ0) is 16.7. The van der Waals surface area contributed by atoms with Crippen LogP contribution >= 0.6 is 11.8 Å². The van der Waals surface area contributed by atoms with Gasteiger partial charge in [-0.05, 0) is 18.6 Å². The van der Waals surface area contributed by atoms with Crippen LogP contribution in [0.5, 0.6) is 0 Å². The number of aromatic nitrogens is 2. The Morgan fingerprint density at radius 3 is 2.91 bits per heavy atom. The van der Waals surface area contributed by atoms with Crippen molar-refractivity contribution in [3.05, 3.63) is 34.6 Å². The molecule has 1 N–H and O–H groups in total. The summed E-state index contributed by atoms with van der Waals surface area (Å²) in [6.07, 6.45) is 0.827. The zero-order valence-corrected chi connectivity index (χ0v) is 14.2. The van der Waals surface area contributed by atoms with E-state index in [4.69, 9.17) is 4.74 Å². The number of carbonyl (C=O) groups is 1. The first-order chi connectivity index (χ1) is 11.2. The fourth-order valence-corrected chi connectivity index (χ4v) is 3.01. The number of amides is 1. The van der Waals surface area contributed by atoms with E-state index in [9.17, 15) is 9.59 Å². The molecule has 0 atom stereocenters. The van der Waals surface area contributed by atoms with Crippen LogP contribution in [0.3, 0.4) is 0 Å². The molecular weight excluding hydrogens is 314 g/mol. The molecule has 0 saturated heterocycles. The molecule has 1 heterocycles. The van der Waals surface area contributed by atoms with Gasteiger partial charge in [0.25, 0.3) is 5.56 Å². The third-order valence-corrected chi connectivity index (χ3v) is 4.21. The monoisotopic (exact) mass is 335 g/mol. The second kappa shape index (κ2) is 8.69. The highest BCUT2D eigenvalue weighted by Gasteiger charge is 2.12. The summed E-state index contributed by atoms with van der Waals surface area (Å²) in [4.78, 5) is 28.9. The molecule has 0 radical (unpaired) electrons. The number of hydrogen-bond donors (Lipinski definition) is 1. The summed E-state index contributed by atoms with van der Waals surface area (Å²) in [5.74, 6) is 0.121. The molecule has 6 nitrogen and oxygen atoms in total. The second-order valence-corrected chi connectivity index (χ2v) is 5.94. The van der Waals surface area contributed by atoms with Crippen LogP contribution < -0.4 is 10.9 Å². The fourth-order valence-electron chi connectivity index (χ4n) is 2.15. The number of hydrogen-bond acceptors (Lipinski definition) is 5. The van der Waals surface area contributed by atoms with Crippen molar-refractivity contribution in [2.45, 2.75) is 25.0 Å². The molecule has 2 aromatic rings. The molecule has 124 valence electrons. The van der Waals surface area contributed by atoms with E-state index in [-0.39, 0.29) is 17.2 Å². The summed E-state index contributed by atoms with van der Waals surface area (Å²) >= 11 is 1.28. The highest BCUT2D eigenvalue weighted by atomic mass is 32.2. The van der Waals surface area contributed by atoms with E-state index in [1.807, 2.05) is 25.1 Å². The van der Waals surface area contributed by atoms with Crippen molar-refractivity contribution in [1.29, 1.82) is 0 Å². The van der Waals surface area contributed by atoms with E-state index in [1.165, 1.54) is 11.8 Å². The average molecular weight is 335 g/mol. The smallest absolute Gasteiger partial charge is 0.262 e. The molecule has 23 heavy (non-hydrogen) atoms. The van der Waals surface area contributed by atoms with Crippen molar-refractivity contribution >= 4 is 28.6 Å². The lowest BCUT2D eigenvalue weighted by molar-refractivity contribution is -0.118. The van der Waals surface area contributed by atoms with E-state index in [0.29, 0.717) is 35.8 Å². The maximum Gasteiger partial charge on any atom is 0.262 e. The summed E-state index contributed by atoms with van der Waals surface area (Å²) in [5, 5.41) is 3.94. The van der Waals surface area contributed by atoms with Crippen molar-refractivity contribution in [2.75, 3.05) is 26.0 Å². The third-order valence-electron chi connectivity index (χ3n) is 3.23. The second-order valence-electron chi connectivity index (χ2n) is 5.00. The Labute approximate surface area is 139 Å². The van der Waals surface area contributed by atoms with Crippen molar-refractivity contribution < 1.29 is 9.53 Å². The van der Waals surface area contributed by atoms with E-state index in [0.717, 1.165) is 6.42 Å². The molecule has 7 heteroatoms. The van der Waals surface area contributed by atoms with Crippen LogP contribution in [-0.4, -0.2) is 41.5 Å². The maximum atomic E-state index is 12.6. The van der Waals surface area contributed by atoms with Crippen LogP contribution in [0.2, 0.25) is 0 Å². The molecule has 0 aliphatic carbocycles. The molecule has 0 bridgehead atoms. The van der Waals surface area contributed by atoms with Gasteiger partial charge in [0, 0.05) is 20.2 Å². The summed E-state index contributed by atoms with van der Waals surface area (Å²) < 4.78 is 6.54. The summed E-state index contributed by atoms with van der Waals surface area (Å²) in [7, 11) is 1.59. The number of methoxy groups -OCH3 is 1. The Balaban J connectivity index is 2.20. The first kappa shape index (κ1) is 17.5. The average Bonchev–Trinajstić information content (AvgIpc) is 2.56. The summed E-state index contributed by atoms with van der Waals surface area (Å²) in [5.41, 5.74) is 0.604. The van der Waals surface area contributed by atoms with E-state index < -0.39 is 0 Å². The minimum Gasteiger partial charge on any atom is -0.383 e. The number of carbonyl (C=O) groups excluding carboxylic acids is 1. The predicted octanol–water partition coefficient (Wildman–Crippen LogP) is 1.66. The van der Waals surface area contributed by atoms with E-state index in [1.54, 1.807) is 17.7 Å². The number of benzene rings is 1. The predicted molar refractivity (Wildman–Crippen MR) is 91.9 cm³/mol. The highest BCUT2D eigenvalue weighted by molar-refractivity contribution is 7.99. The van der Waals surface area contributed by atoms with E-state index >= 15 is 0 Å². The van der Waals surface area contributed by atoms with Crippen molar-refractivity contribution in [1.82, 2.24) is 14.9 Å². The van der Waals surface area contributed by atoms with Gasteiger partial charge in [0.15, 0.2) is 5.16 Å². The molecule has 0 spiro atoms. The summed E-state index contributed by atoms with van der Waals surface area (Å²) in [6, 6.07) is 7.28.